The van der Waals surface area contributed by atoms with Crippen LogP contribution >= 0.6 is 22.6 Å². The second-order valence-electron chi connectivity index (χ2n) is 5.08. The van der Waals surface area contributed by atoms with Gasteiger partial charge in [0.15, 0.2) is 0 Å². The lowest BCUT2D eigenvalue weighted by Crippen LogP contribution is -2.50. The first kappa shape index (κ1) is 16.7. The van der Waals surface area contributed by atoms with E-state index in [1.54, 1.807) is 0 Å². The summed E-state index contributed by atoms with van der Waals surface area (Å²) in [5.74, 6) is -1.00. The van der Waals surface area contributed by atoms with Gasteiger partial charge in [-0.1, -0.05) is 12.1 Å². The molecule has 0 aromatic heterocycles. The number of ether oxygens (including phenoxy) is 1. The van der Waals surface area contributed by atoms with Crippen molar-refractivity contribution < 1.29 is 19.1 Å². The molecule has 2 amide bonds. The number of benzene rings is 1. The van der Waals surface area contributed by atoms with Gasteiger partial charge in [0.05, 0.1) is 7.11 Å². The number of hydrogen-bond donors (Lipinski definition) is 2. The van der Waals surface area contributed by atoms with Gasteiger partial charge >= 0.3 is 5.97 Å². The summed E-state index contributed by atoms with van der Waals surface area (Å²) in [5.41, 5.74) is 0.929. The van der Waals surface area contributed by atoms with Gasteiger partial charge in [0.2, 0.25) is 11.8 Å². The van der Waals surface area contributed by atoms with Gasteiger partial charge in [-0.25, -0.2) is 4.79 Å². The number of esters is 1. The third kappa shape index (κ3) is 4.43. The molecule has 22 heavy (non-hydrogen) atoms. The number of halogens is 1. The van der Waals surface area contributed by atoms with Crippen LogP contribution in [0.15, 0.2) is 24.3 Å². The predicted octanol–water partition coefficient (Wildman–Crippen LogP) is 0.770. The minimum atomic E-state index is -0.770. The minimum absolute atomic E-state index is 0.146. The van der Waals surface area contributed by atoms with Crippen molar-refractivity contribution in [1.82, 2.24) is 10.6 Å². The molecule has 1 aromatic rings. The van der Waals surface area contributed by atoms with E-state index in [1.807, 2.05) is 24.3 Å². The highest BCUT2D eigenvalue weighted by atomic mass is 127. The molecule has 1 heterocycles. The van der Waals surface area contributed by atoms with Crippen molar-refractivity contribution in [2.75, 3.05) is 7.11 Å². The molecule has 0 spiro atoms. The molecule has 0 radical (unpaired) electrons. The fraction of sp³-hybridized carbons (Fsp3) is 0.400. The van der Waals surface area contributed by atoms with Gasteiger partial charge in [-0.05, 0) is 46.7 Å². The molecular weight excluding hydrogens is 399 g/mol. The van der Waals surface area contributed by atoms with Gasteiger partial charge < -0.3 is 15.4 Å². The molecule has 7 heteroatoms. The molecule has 0 unspecified atom stereocenters. The fourth-order valence-electron chi connectivity index (χ4n) is 2.32. The molecule has 0 saturated carbocycles. The summed E-state index contributed by atoms with van der Waals surface area (Å²) in [6.07, 6.45) is 1.12. The van der Waals surface area contributed by atoms with Gasteiger partial charge in [0.1, 0.15) is 12.1 Å². The van der Waals surface area contributed by atoms with Crippen LogP contribution < -0.4 is 10.6 Å². The molecule has 6 nitrogen and oxygen atoms in total. The van der Waals surface area contributed by atoms with E-state index in [4.69, 9.17) is 4.74 Å². The highest BCUT2D eigenvalue weighted by molar-refractivity contribution is 14.1. The van der Waals surface area contributed by atoms with Gasteiger partial charge in [-0.3, -0.25) is 9.59 Å². The Bertz CT molecular complexity index is 591. The summed E-state index contributed by atoms with van der Waals surface area (Å²) in [7, 11) is 1.29. The molecule has 2 rings (SSSR count). The lowest BCUT2D eigenvalue weighted by molar-refractivity contribution is -0.145. The number of amides is 2. The van der Waals surface area contributed by atoms with E-state index in [9.17, 15) is 14.4 Å². The van der Waals surface area contributed by atoms with Crippen LogP contribution in [0.25, 0.3) is 0 Å². The quantitative estimate of drug-likeness (QED) is 0.549. The summed E-state index contributed by atoms with van der Waals surface area (Å²) in [6, 6.07) is 6.33. The maximum Gasteiger partial charge on any atom is 0.328 e. The number of carbonyl (C=O) groups excluding carboxylic acids is 3. The summed E-state index contributed by atoms with van der Waals surface area (Å²) in [5, 5.41) is 5.25. The Balaban J connectivity index is 2.04. The normalized spacial score (nSPS) is 18.5. The molecule has 2 N–H and O–H groups in total. The number of rotatable bonds is 5. The summed E-state index contributed by atoms with van der Waals surface area (Å²) < 4.78 is 5.81. The SMILES string of the molecule is COC(=O)[C@H](Cc1cccc(I)c1)NC(=O)[C@H]1CCC(=O)N1. The molecule has 0 aliphatic carbocycles. The van der Waals surface area contributed by atoms with E-state index in [2.05, 4.69) is 33.2 Å². The Morgan fingerprint density at radius 2 is 2.27 bits per heavy atom. The molecule has 1 aliphatic rings. The first-order chi connectivity index (χ1) is 10.5. The minimum Gasteiger partial charge on any atom is -0.467 e. The van der Waals surface area contributed by atoms with E-state index in [-0.39, 0.29) is 11.8 Å². The van der Waals surface area contributed by atoms with Crippen LogP contribution in [-0.2, 0) is 25.5 Å². The molecule has 1 saturated heterocycles. The smallest absolute Gasteiger partial charge is 0.328 e. The molecule has 2 atom stereocenters. The molecule has 0 bridgehead atoms. The lowest BCUT2D eigenvalue weighted by atomic mass is 10.1. The number of nitrogens with one attached hydrogen (secondary N) is 2. The van der Waals surface area contributed by atoms with Crippen molar-refractivity contribution in [1.29, 1.82) is 0 Å². The highest BCUT2D eigenvalue weighted by Gasteiger charge is 2.30. The van der Waals surface area contributed by atoms with E-state index in [0.717, 1.165) is 9.13 Å². The average Bonchev–Trinajstić information content (AvgIpc) is 2.92. The van der Waals surface area contributed by atoms with Gasteiger partial charge in [-0.2, -0.15) is 0 Å². The van der Waals surface area contributed by atoms with Crippen LogP contribution in [0.4, 0.5) is 0 Å². The number of hydrogen-bond acceptors (Lipinski definition) is 4. The second kappa shape index (κ2) is 7.57. The summed E-state index contributed by atoms with van der Waals surface area (Å²) >= 11 is 2.19. The van der Waals surface area contributed by atoms with Gasteiger partial charge in [0.25, 0.3) is 0 Å². The second-order valence-corrected chi connectivity index (χ2v) is 6.32. The van der Waals surface area contributed by atoms with Gasteiger partial charge in [-0.15, -0.1) is 0 Å². The topological polar surface area (TPSA) is 84.5 Å². The highest BCUT2D eigenvalue weighted by Crippen LogP contribution is 2.12. The van der Waals surface area contributed by atoms with Crippen LogP contribution in [0.1, 0.15) is 18.4 Å². The summed E-state index contributed by atoms with van der Waals surface area (Å²) in [6.45, 7) is 0. The van der Waals surface area contributed by atoms with Crippen molar-refractivity contribution in [3.8, 4) is 0 Å². The van der Waals surface area contributed by atoms with Crippen molar-refractivity contribution in [2.24, 2.45) is 0 Å². The Hall–Kier alpha value is -1.64. The van der Waals surface area contributed by atoms with Crippen molar-refractivity contribution in [2.45, 2.75) is 31.3 Å². The van der Waals surface area contributed by atoms with E-state index in [1.165, 1.54) is 7.11 Å². The van der Waals surface area contributed by atoms with Crippen molar-refractivity contribution >= 4 is 40.4 Å². The van der Waals surface area contributed by atoms with E-state index < -0.39 is 18.1 Å². The predicted molar refractivity (Wildman–Crippen MR) is 88.0 cm³/mol. The Morgan fingerprint density at radius 3 is 2.86 bits per heavy atom. The first-order valence-corrected chi connectivity index (χ1v) is 7.99. The van der Waals surface area contributed by atoms with Crippen LogP contribution in [0, 0.1) is 3.57 Å². The third-order valence-corrected chi connectivity index (χ3v) is 4.11. The zero-order chi connectivity index (χ0) is 16.1. The van der Waals surface area contributed by atoms with Crippen LogP contribution in [-0.4, -0.2) is 37.0 Å². The van der Waals surface area contributed by atoms with Crippen molar-refractivity contribution in [3.05, 3.63) is 33.4 Å². The monoisotopic (exact) mass is 416 g/mol. The average molecular weight is 416 g/mol. The van der Waals surface area contributed by atoms with Crippen molar-refractivity contribution in [3.63, 3.8) is 0 Å². The molecule has 1 aromatic carbocycles. The third-order valence-electron chi connectivity index (χ3n) is 3.44. The first-order valence-electron chi connectivity index (χ1n) is 6.91. The Labute approximate surface area is 142 Å². The standard InChI is InChI=1S/C15H17IN2O4/c1-22-15(21)12(8-9-3-2-4-10(16)7-9)18-14(20)11-5-6-13(19)17-11/h2-4,7,11-12H,5-6,8H2,1H3,(H,17,19)(H,18,20)/t11-,12+/m1/s1. The number of methoxy groups -OCH3 is 1. The zero-order valence-corrected chi connectivity index (χ0v) is 14.3. The maximum atomic E-state index is 12.1. The molecular formula is C15H17IN2O4. The molecule has 1 fully saturated rings. The van der Waals surface area contributed by atoms with Gasteiger partial charge in [0, 0.05) is 16.4 Å². The molecule has 1 aliphatic heterocycles. The van der Waals surface area contributed by atoms with Crippen LogP contribution in [0.3, 0.4) is 0 Å². The van der Waals surface area contributed by atoms with Crippen LogP contribution in [0.5, 0.6) is 0 Å². The van der Waals surface area contributed by atoms with E-state index >= 15 is 0 Å². The van der Waals surface area contributed by atoms with E-state index in [0.29, 0.717) is 19.3 Å². The Morgan fingerprint density at radius 1 is 1.50 bits per heavy atom. The Kier molecular flexibility index (Phi) is 5.76. The largest absolute Gasteiger partial charge is 0.467 e. The fourth-order valence-corrected chi connectivity index (χ4v) is 2.93. The zero-order valence-electron chi connectivity index (χ0n) is 12.1. The number of carbonyl (C=O) groups is 3. The lowest BCUT2D eigenvalue weighted by Gasteiger charge is -2.19. The molecule has 118 valence electrons. The van der Waals surface area contributed by atoms with Crippen LogP contribution in [0.2, 0.25) is 0 Å². The maximum absolute atomic E-state index is 12.1. The summed E-state index contributed by atoms with van der Waals surface area (Å²) in [4.78, 5) is 35.2.